The molecule has 0 atom stereocenters. The fourth-order valence-corrected chi connectivity index (χ4v) is 2.02. The Bertz CT molecular complexity index is 556. The van der Waals surface area contributed by atoms with Gasteiger partial charge < -0.3 is 14.8 Å². The SMILES string of the molecule is CNCc1cc(OC)ccc1-c1ncccc1OC. The Balaban J connectivity index is 2.54. The first-order valence-corrected chi connectivity index (χ1v) is 6.11. The van der Waals surface area contributed by atoms with Gasteiger partial charge in [0.25, 0.3) is 0 Å². The molecule has 0 bridgehead atoms. The lowest BCUT2D eigenvalue weighted by Gasteiger charge is -2.13. The van der Waals surface area contributed by atoms with Gasteiger partial charge in [0.15, 0.2) is 0 Å². The standard InChI is InChI=1S/C15H18N2O2/c1-16-10-11-9-12(18-2)6-7-13(11)15-14(19-3)5-4-8-17-15/h4-9,16H,10H2,1-3H3. The van der Waals surface area contributed by atoms with E-state index in [1.807, 2.05) is 37.4 Å². The third-order valence-electron chi connectivity index (χ3n) is 2.93. The Morgan fingerprint density at radius 2 is 2.00 bits per heavy atom. The second-order valence-corrected chi connectivity index (χ2v) is 4.11. The molecule has 2 rings (SSSR count). The van der Waals surface area contributed by atoms with Gasteiger partial charge in [0.05, 0.1) is 14.2 Å². The first-order chi connectivity index (χ1) is 9.30. The molecule has 0 spiro atoms. The molecule has 1 heterocycles. The van der Waals surface area contributed by atoms with Gasteiger partial charge in [0, 0.05) is 18.3 Å². The van der Waals surface area contributed by atoms with Crippen LogP contribution in [-0.4, -0.2) is 26.3 Å². The summed E-state index contributed by atoms with van der Waals surface area (Å²) in [6, 6.07) is 9.73. The molecule has 0 saturated heterocycles. The van der Waals surface area contributed by atoms with Gasteiger partial charge in [-0.25, -0.2) is 0 Å². The van der Waals surface area contributed by atoms with Crippen molar-refractivity contribution < 1.29 is 9.47 Å². The molecule has 0 radical (unpaired) electrons. The van der Waals surface area contributed by atoms with E-state index in [0.29, 0.717) is 0 Å². The van der Waals surface area contributed by atoms with Gasteiger partial charge in [0.1, 0.15) is 17.2 Å². The van der Waals surface area contributed by atoms with Crippen LogP contribution < -0.4 is 14.8 Å². The normalized spacial score (nSPS) is 10.3. The number of pyridine rings is 1. The van der Waals surface area contributed by atoms with Crippen LogP contribution in [0.5, 0.6) is 11.5 Å². The Morgan fingerprint density at radius 1 is 1.16 bits per heavy atom. The Hall–Kier alpha value is -2.07. The summed E-state index contributed by atoms with van der Waals surface area (Å²) in [6.07, 6.45) is 1.77. The number of benzene rings is 1. The molecule has 0 saturated carbocycles. The summed E-state index contributed by atoms with van der Waals surface area (Å²) in [5.74, 6) is 1.61. The third-order valence-corrected chi connectivity index (χ3v) is 2.93. The smallest absolute Gasteiger partial charge is 0.145 e. The van der Waals surface area contributed by atoms with Crippen LogP contribution in [0.15, 0.2) is 36.5 Å². The maximum Gasteiger partial charge on any atom is 0.145 e. The minimum atomic E-state index is 0.742. The summed E-state index contributed by atoms with van der Waals surface area (Å²) in [4.78, 5) is 4.42. The van der Waals surface area contributed by atoms with E-state index in [2.05, 4.69) is 10.3 Å². The Kier molecular flexibility index (Phi) is 4.36. The van der Waals surface area contributed by atoms with Crippen molar-refractivity contribution in [2.24, 2.45) is 0 Å². The second kappa shape index (κ2) is 6.20. The van der Waals surface area contributed by atoms with E-state index in [-0.39, 0.29) is 0 Å². The van der Waals surface area contributed by atoms with Gasteiger partial charge >= 0.3 is 0 Å². The van der Waals surface area contributed by atoms with Gasteiger partial charge in [-0.1, -0.05) is 0 Å². The number of hydrogen-bond acceptors (Lipinski definition) is 4. The molecule has 1 aromatic carbocycles. The van der Waals surface area contributed by atoms with Crippen LogP contribution in [0.25, 0.3) is 11.3 Å². The number of rotatable bonds is 5. The molecule has 0 aliphatic heterocycles. The predicted molar refractivity (Wildman–Crippen MR) is 75.5 cm³/mol. The fourth-order valence-electron chi connectivity index (χ4n) is 2.02. The highest BCUT2D eigenvalue weighted by Gasteiger charge is 2.12. The average Bonchev–Trinajstić information content (AvgIpc) is 2.47. The van der Waals surface area contributed by atoms with Crippen LogP contribution in [0.3, 0.4) is 0 Å². The minimum absolute atomic E-state index is 0.742. The molecular weight excluding hydrogens is 240 g/mol. The van der Waals surface area contributed by atoms with Crippen molar-refractivity contribution >= 4 is 0 Å². The highest BCUT2D eigenvalue weighted by molar-refractivity contribution is 5.70. The van der Waals surface area contributed by atoms with E-state index in [1.165, 1.54) is 0 Å². The molecule has 1 N–H and O–H groups in total. The molecular formula is C15H18N2O2. The summed E-state index contributed by atoms with van der Waals surface area (Å²) >= 11 is 0. The molecule has 0 aliphatic carbocycles. The Labute approximate surface area is 113 Å². The van der Waals surface area contributed by atoms with Gasteiger partial charge in [0.2, 0.25) is 0 Å². The first-order valence-electron chi connectivity index (χ1n) is 6.11. The molecule has 100 valence electrons. The number of hydrogen-bond donors (Lipinski definition) is 1. The largest absolute Gasteiger partial charge is 0.497 e. The van der Waals surface area contributed by atoms with Crippen LogP contribution in [0.4, 0.5) is 0 Å². The van der Waals surface area contributed by atoms with Crippen molar-refractivity contribution in [3.63, 3.8) is 0 Å². The highest BCUT2D eigenvalue weighted by atomic mass is 16.5. The second-order valence-electron chi connectivity index (χ2n) is 4.11. The van der Waals surface area contributed by atoms with Gasteiger partial charge in [-0.15, -0.1) is 0 Å². The molecule has 0 fully saturated rings. The predicted octanol–water partition coefficient (Wildman–Crippen LogP) is 2.49. The van der Waals surface area contributed by atoms with E-state index < -0.39 is 0 Å². The summed E-state index contributed by atoms with van der Waals surface area (Å²) in [7, 11) is 5.24. The summed E-state index contributed by atoms with van der Waals surface area (Å²) in [6.45, 7) is 0.742. The molecule has 19 heavy (non-hydrogen) atoms. The number of nitrogens with one attached hydrogen (secondary N) is 1. The summed E-state index contributed by atoms with van der Waals surface area (Å²) < 4.78 is 10.6. The maximum atomic E-state index is 5.38. The van der Waals surface area contributed by atoms with Crippen molar-refractivity contribution in [2.45, 2.75) is 6.54 Å². The van der Waals surface area contributed by atoms with Crippen LogP contribution >= 0.6 is 0 Å². The van der Waals surface area contributed by atoms with Gasteiger partial charge in [-0.05, 0) is 42.9 Å². The van der Waals surface area contributed by atoms with Crippen LogP contribution in [0, 0.1) is 0 Å². The van der Waals surface area contributed by atoms with E-state index in [0.717, 1.165) is 34.9 Å². The Morgan fingerprint density at radius 3 is 2.68 bits per heavy atom. The lowest BCUT2D eigenvalue weighted by molar-refractivity contribution is 0.413. The van der Waals surface area contributed by atoms with Crippen LogP contribution in [-0.2, 0) is 6.54 Å². The molecule has 0 amide bonds. The quantitative estimate of drug-likeness (QED) is 0.894. The van der Waals surface area contributed by atoms with Crippen LogP contribution in [0.1, 0.15) is 5.56 Å². The maximum absolute atomic E-state index is 5.38. The molecule has 2 aromatic rings. The molecule has 1 aromatic heterocycles. The van der Waals surface area contributed by atoms with Crippen molar-refractivity contribution in [1.29, 1.82) is 0 Å². The van der Waals surface area contributed by atoms with Crippen LogP contribution in [0.2, 0.25) is 0 Å². The molecule has 4 heteroatoms. The van der Waals surface area contributed by atoms with E-state index in [4.69, 9.17) is 9.47 Å². The minimum Gasteiger partial charge on any atom is -0.497 e. The number of nitrogens with zero attached hydrogens (tertiary/aromatic N) is 1. The molecule has 0 aliphatic rings. The lowest BCUT2D eigenvalue weighted by Crippen LogP contribution is -2.07. The molecule has 4 nitrogen and oxygen atoms in total. The zero-order valence-corrected chi connectivity index (χ0v) is 11.4. The van der Waals surface area contributed by atoms with Crippen molar-refractivity contribution in [3.8, 4) is 22.8 Å². The fraction of sp³-hybridized carbons (Fsp3) is 0.267. The number of ether oxygens (including phenoxy) is 2. The highest BCUT2D eigenvalue weighted by Crippen LogP contribution is 2.32. The van der Waals surface area contributed by atoms with Crippen molar-refractivity contribution in [1.82, 2.24) is 10.3 Å². The van der Waals surface area contributed by atoms with Crippen molar-refractivity contribution in [2.75, 3.05) is 21.3 Å². The molecule has 0 unspecified atom stereocenters. The van der Waals surface area contributed by atoms with Crippen molar-refractivity contribution in [3.05, 3.63) is 42.1 Å². The monoisotopic (exact) mass is 258 g/mol. The lowest BCUT2D eigenvalue weighted by atomic mass is 10.0. The summed E-state index contributed by atoms with van der Waals surface area (Å²) in [5, 5.41) is 3.16. The van der Waals surface area contributed by atoms with E-state index in [9.17, 15) is 0 Å². The summed E-state index contributed by atoms with van der Waals surface area (Å²) in [5.41, 5.74) is 3.02. The zero-order valence-electron chi connectivity index (χ0n) is 11.4. The van der Waals surface area contributed by atoms with E-state index in [1.54, 1.807) is 20.4 Å². The third kappa shape index (κ3) is 2.85. The average molecular weight is 258 g/mol. The zero-order chi connectivity index (χ0) is 13.7. The topological polar surface area (TPSA) is 43.4 Å². The first kappa shape index (κ1) is 13.4. The number of aromatic nitrogens is 1. The van der Waals surface area contributed by atoms with Gasteiger partial charge in [-0.2, -0.15) is 0 Å². The van der Waals surface area contributed by atoms with Gasteiger partial charge in [-0.3, -0.25) is 4.98 Å². The number of methoxy groups -OCH3 is 2. The van der Waals surface area contributed by atoms with E-state index >= 15 is 0 Å².